The van der Waals surface area contributed by atoms with Crippen molar-refractivity contribution in [1.29, 1.82) is 0 Å². The molecular weight excluding hydrogens is 328 g/mol. The molecular formula is C19H30N6O. The second-order valence-electron chi connectivity index (χ2n) is 5.98. The van der Waals surface area contributed by atoms with E-state index in [0.717, 1.165) is 62.1 Å². The van der Waals surface area contributed by atoms with Gasteiger partial charge in [0.15, 0.2) is 11.8 Å². The van der Waals surface area contributed by atoms with E-state index in [1.165, 1.54) is 12.7 Å². The van der Waals surface area contributed by atoms with E-state index in [1.807, 2.05) is 12.1 Å². The van der Waals surface area contributed by atoms with Gasteiger partial charge in [0.2, 0.25) is 0 Å². The van der Waals surface area contributed by atoms with Gasteiger partial charge in [-0.25, -0.2) is 9.98 Å². The lowest BCUT2D eigenvalue weighted by molar-refractivity contribution is 0.129. The number of benzene rings is 1. The van der Waals surface area contributed by atoms with E-state index in [0.29, 0.717) is 6.54 Å². The smallest absolute Gasteiger partial charge is 0.191 e. The van der Waals surface area contributed by atoms with Gasteiger partial charge in [-0.1, -0.05) is 31.5 Å². The summed E-state index contributed by atoms with van der Waals surface area (Å²) in [7, 11) is 0. The maximum atomic E-state index is 5.58. The van der Waals surface area contributed by atoms with Crippen LogP contribution in [0, 0.1) is 0 Å². The summed E-state index contributed by atoms with van der Waals surface area (Å²) in [5.74, 6) is 1.59. The number of aromatic nitrogens is 3. The average molecular weight is 358 g/mol. The summed E-state index contributed by atoms with van der Waals surface area (Å²) in [6.45, 7) is 8.15. The number of unbranched alkanes of at least 4 members (excludes halogenated alkanes) is 1. The number of rotatable bonds is 11. The molecule has 7 nitrogen and oxygen atoms in total. The minimum Gasteiger partial charge on any atom is -0.381 e. The Morgan fingerprint density at radius 1 is 1.19 bits per heavy atom. The first kappa shape index (κ1) is 19.9. The molecule has 0 atom stereocenters. The van der Waals surface area contributed by atoms with Crippen molar-refractivity contribution in [3.8, 4) is 11.4 Å². The molecule has 2 rings (SSSR count). The highest BCUT2D eigenvalue weighted by Gasteiger charge is 2.02. The fraction of sp³-hybridized carbons (Fsp3) is 0.526. The van der Waals surface area contributed by atoms with Crippen LogP contribution < -0.4 is 10.6 Å². The maximum absolute atomic E-state index is 5.58. The number of hydrogen-bond acceptors (Lipinski definition) is 4. The van der Waals surface area contributed by atoms with Crippen molar-refractivity contribution in [3.05, 3.63) is 36.2 Å². The summed E-state index contributed by atoms with van der Waals surface area (Å²) in [5, 5.41) is 13.4. The molecule has 0 amide bonds. The number of aliphatic imine (C=N–C) groups is 1. The van der Waals surface area contributed by atoms with Crippen LogP contribution in [-0.4, -0.2) is 47.4 Å². The Kier molecular flexibility index (Phi) is 9.21. The third kappa shape index (κ3) is 7.23. The molecule has 0 bridgehead atoms. The highest BCUT2D eigenvalue weighted by molar-refractivity contribution is 5.79. The van der Waals surface area contributed by atoms with Crippen LogP contribution in [0.4, 0.5) is 0 Å². The number of hydrogen-bond donors (Lipinski definition) is 3. The van der Waals surface area contributed by atoms with Crippen molar-refractivity contribution >= 4 is 5.96 Å². The second-order valence-corrected chi connectivity index (χ2v) is 5.98. The largest absolute Gasteiger partial charge is 0.381 e. The van der Waals surface area contributed by atoms with Crippen LogP contribution in [0.3, 0.4) is 0 Å². The zero-order chi connectivity index (χ0) is 18.5. The molecule has 26 heavy (non-hydrogen) atoms. The number of nitrogens with one attached hydrogen (secondary N) is 3. The third-order valence-corrected chi connectivity index (χ3v) is 3.78. The third-order valence-electron chi connectivity index (χ3n) is 3.78. The summed E-state index contributed by atoms with van der Waals surface area (Å²) in [5.41, 5.74) is 2.14. The number of H-pyrrole nitrogens is 1. The molecule has 0 aliphatic rings. The van der Waals surface area contributed by atoms with Crippen molar-refractivity contribution in [2.75, 3.05) is 26.3 Å². The summed E-state index contributed by atoms with van der Waals surface area (Å²) < 4.78 is 5.58. The number of nitrogens with zero attached hydrogens (tertiary/aromatic N) is 3. The topological polar surface area (TPSA) is 87.2 Å². The quantitative estimate of drug-likeness (QED) is 0.327. The Morgan fingerprint density at radius 3 is 2.85 bits per heavy atom. The van der Waals surface area contributed by atoms with Crippen molar-refractivity contribution in [3.63, 3.8) is 0 Å². The van der Waals surface area contributed by atoms with Gasteiger partial charge in [0.1, 0.15) is 6.33 Å². The molecule has 0 aliphatic heterocycles. The highest BCUT2D eigenvalue weighted by Crippen LogP contribution is 2.15. The first-order valence-corrected chi connectivity index (χ1v) is 9.38. The zero-order valence-corrected chi connectivity index (χ0v) is 15.8. The van der Waals surface area contributed by atoms with Gasteiger partial charge in [-0.15, -0.1) is 0 Å². The number of guanidine groups is 1. The van der Waals surface area contributed by atoms with Crippen molar-refractivity contribution < 1.29 is 4.74 Å². The van der Waals surface area contributed by atoms with Gasteiger partial charge in [0.25, 0.3) is 0 Å². The van der Waals surface area contributed by atoms with E-state index in [4.69, 9.17) is 4.74 Å². The van der Waals surface area contributed by atoms with E-state index >= 15 is 0 Å². The lowest BCUT2D eigenvalue weighted by Crippen LogP contribution is -2.38. The van der Waals surface area contributed by atoms with E-state index in [-0.39, 0.29) is 0 Å². The van der Waals surface area contributed by atoms with Crippen LogP contribution in [0.25, 0.3) is 11.4 Å². The Bertz CT molecular complexity index is 641. The van der Waals surface area contributed by atoms with E-state index in [2.05, 4.69) is 56.8 Å². The SMILES string of the molecule is CCCCOCCCNC(=NCc1cccc(-c2ncn[nH]2)c1)NCC. The van der Waals surface area contributed by atoms with Gasteiger partial charge < -0.3 is 15.4 Å². The highest BCUT2D eigenvalue weighted by atomic mass is 16.5. The molecule has 7 heteroatoms. The van der Waals surface area contributed by atoms with Gasteiger partial charge in [-0.3, -0.25) is 5.10 Å². The van der Waals surface area contributed by atoms with Crippen LogP contribution in [0.1, 0.15) is 38.7 Å². The normalized spacial score (nSPS) is 11.5. The molecule has 0 saturated heterocycles. The van der Waals surface area contributed by atoms with Gasteiger partial charge in [0.05, 0.1) is 6.54 Å². The first-order valence-electron chi connectivity index (χ1n) is 9.38. The minimum atomic E-state index is 0.601. The molecule has 142 valence electrons. The zero-order valence-electron chi connectivity index (χ0n) is 15.8. The van der Waals surface area contributed by atoms with Crippen LogP contribution in [0.15, 0.2) is 35.6 Å². The average Bonchev–Trinajstić information content (AvgIpc) is 3.20. The molecule has 0 aliphatic carbocycles. The van der Waals surface area contributed by atoms with Gasteiger partial charge in [-0.05, 0) is 31.4 Å². The van der Waals surface area contributed by atoms with Gasteiger partial charge in [-0.2, -0.15) is 5.10 Å². The Morgan fingerprint density at radius 2 is 2.08 bits per heavy atom. The van der Waals surface area contributed by atoms with Crippen molar-refractivity contribution in [2.24, 2.45) is 4.99 Å². The van der Waals surface area contributed by atoms with Crippen molar-refractivity contribution in [2.45, 2.75) is 39.7 Å². The molecule has 1 aromatic heterocycles. The summed E-state index contributed by atoms with van der Waals surface area (Å²) in [6.07, 6.45) is 4.78. The molecule has 0 saturated carbocycles. The van der Waals surface area contributed by atoms with Crippen LogP contribution in [0.2, 0.25) is 0 Å². The van der Waals surface area contributed by atoms with Crippen molar-refractivity contribution in [1.82, 2.24) is 25.8 Å². The Balaban J connectivity index is 1.81. The fourth-order valence-corrected chi connectivity index (χ4v) is 2.40. The predicted octanol–water partition coefficient (Wildman–Crippen LogP) is 2.73. The van der Waals surface area contributed by atoms with Gasteiger partial charge in [0, 0.05) is 31.9 Å². The summed E-state index contributed by atoms with van der Waals surface area (Å²) >= 11 is 0. The number of aromatic amines is 1. The standard InChI is InChI=1S/C19H30N6O/c1-3-5-11-26-12-7-10-21-19(20-4-2)22-14-16-8-6-9-17(13-16)18-23-15-24-25-18/h6,8-9,13,15H,3-5,7,10-12,14H2,1-2H3,(H2,20,21,22)(H,23,24,25). The molecule has 1 aromatic carbocycles. The molecule has 2 aromatic rings. The van der Waals surface area contributed by atoms with Gasteiger partial charge >= 0.3 is 0 Å². The molecule has 3 N–H and O–H groups in total. The summed E-state index contributed by atoms with van der Waals surface area (Å²) in [4.78, 5) is 8.85. The molecule has 1 heterocycles. The van der Waals surface area contributed by atoms with E-state index < -0.39 is 0 Å². The molecule has 0 radical (unpaired) electrons. The fourth-order valence-electron chi connectivity index (χ4n) is 2.40. The number of ether oxygens (including phenoxy) is 1. The molecule has 0 unspecified atom stereocenters. The van der Waals surface area contributed by atoms with Crippen LogP contribution in [-0.2, 0) is 11.3 Å². The Labute approximate surface area is 155 Å². The van der Waals surface area contributed by atoms with E-state index in [9.17, 15) is 0 Å². The van der Waals surface area contributed by atoms with Crippen LogP contribution >= 0.6 is 0 Å². The first-order chi connectivity index (χ1) is 12.8. The predicted molar refractivity (Wildman–Crippen MR) is 105 cm³/mol. The lowest BCUT2D eigenvalue weighted by atomic mass is 10.1. The molecule has 0 fully saturated rings. The molecule has 0 spiro atoms. The minimum absolute atomic E-state index is 0.601. The second kappa shape index (κ2) is 12.0. The van der Waals surface area contributed by atoms with E-state index in [1.54, 1.807) is 0 Å². The monoisotopic (exact) mass is 358 g/mol. The summed E-state index contributed by atoms with van der Waals surface area (Å²) in [6, 6.07) is 8.16. The maximum Gasteiger partial charge on any atom is 0.191 e. The van der Waals surface area contributed by atoms with Crippen LogP contribution in [0.5, 0.6) is 0 Å². The lowest BCUT2D eigenvalue weighted by Gasteiger charge is -2.11. The Hall–Kier alpha value is -2.41.